The predicted molar refractivity (Wildman–Crippen MR) is 126 cm³/mol. The van der Waals surface area contributed by atoms with Gasteiger partial charge < -0.3 is 10.2 Å². The molecule has 3 fully saturated rings. The molecule has 3 aliphatic rings. The minimum Gasteiger partial charge on any atom is -0.355 e. The zero-order valence-electron chi connectivity index (χ0n) is 19.8. The number of carbonyl (C=O) groups is 2. The summed E-state index contributed by atoms with van der Waals surface area (Å²) in [5.41, 5.74) is 2.61. The normalized spacial score (nSPS) is 25.5. The molecule has 0 spiro atoms. The molecule has 1 aromatic heterocycles. The third-order valence-corrected chi connectivity index (χ3v) is 7.71. The lowest BCUT2D eigenvalue weighted by atomic mass is 9.74. The van der Waals surface area contributed by atoms with Gasteiger partial charge in [-0.1, -0.05) is 17.7 Å². The van der Waals surface area contributed by atoms with Gasteiger partial charge in [0.2, 0.25) is 5.91 Å². The molecule has 1 saturated carbocycles. The van der Waals surface area contributed by atoms with E-state index in [-0.39, 0.29) is 17.7 Å². The molecule has 0 bridgehead atoms. The van der Waals surface area contributed by atoms with Crippen molar-refractivity contribution in [2.24, 2.45) is 24.3 Å². The predicted octanol–water partition coefficient (Wildman–Crippen LogP) is 2.61. The highest BCUT2D eigenvalue weighted by atomic mass is 16.2. The van der Waals surface area contributed by atoms with E-state index in [2.05, 4.69) is 15.3 Å². The number of aryl methyl sites for hydroxylation is 2. The molecule has 1 N–H and O–H groups in total. The summed E-state index contributed by atoms with van der Waals surface area (Å²) in [6.07, 6.45) is 8.08. The number of benzene rings is 1. The summed E-state index contributed by atoms with van der Waals surface area (Å²) in [4.78, 5) is 31.3. The summed E-state index contributed by atoms with van der Waals surface area (Å²) >= 11 is 0. The number of carbonyl (C=O) groups excluding carboxylic acids is 2. The Hall–Kier alpha value is -2.67. The molecule has 2 atom stereocenters. The van der Waals surface area contributed by atoms with E-state index in [9.17, 15) is 9.59 Å². The van der Waals surface area contributed by atoms with Crippen LogP contribution in [0.25, 0.3) is 0 Å². The topological polar surface area (TPSA) is 70.5 Å². The zero-order valence-corrected chi connectivity index (χ0v) is 19.8. The van der Waals surface area contributed by atoms with Crippen LogP contribution in [-0.4, -0.2) is 64.1 Å². The van der Waals surface area contributed by atoms with Crippen molar-refractivity contribution in [2.75, 3.05) is 32.7 Å². The van der Waals surface area contributed by atoms with Gasteiger partial charge in [0.05, 0.1) is 11.6 Å². The first-order valence-corrected chi connectivity index (χ1v) is 12.3. The van der Waals surface area contributed by atoms with E-state index < -0.39 is 5.41 Å². The number of hydrogen-bond acceptors (Lipinski definition) is 4. The van der Waals surface area contributed by atoms with E-state index in [4.69, 9.17) is 0 Å². The second kappa shape index (κ2) is 8.93. The molecule has 5 rings (SSSR count). The average Bonchev–Trinajstić information content (AvgIpc) is 3.49. The third kappa shape index (κ3) is 4.69. The first-order valence-electron chi connectivity index (χ1n) is 12.3. The first-order chi connectivity index (χ1) is 15.9. The quantitative estimate of drug-likeness (QED) is 0.736. The highest BCUT2D eigenvalue weighted by Crippen LogP contribution is 2.44. The van der Waals surface area contributed by atoms with Gasteiger partial charge in [0, 0.05) is 69.6 Å². The number of amides is 2. The smallest absolute Gasteiger partial charge is 0.253 e. The van der Waals surface area contributed by atoms with Gasteiger partial charge in [-0.3, -0.25) is 19.2 Å². The third-order valence-electron chi connectivity index (χ3n) is 7.71. The van der Waals surface area contributed by atoms with Crippen LogP contribution in [0, 0.1) is 24.2 Å². The largest absolute Gasteiger partial charge is 0.355 e. The molecule has 176 valence electrons. The Labute approximate surface area is 196 Å². The van der Waals surface area contributed by atoms with Crippen molar-refractivity contribution >= 4 is 11.8 Å². The average molecular weight is 450 g/mol. The standard InChI is InChI=1S/C26H35N5O2/c1-19-4-8-22(9-5-19)24(32)31-11-3-10-26(25(33)27-12-20-6-7-20)18-30(16-23(26)17-31)15-21-13-28-29(2)14-21/h4-5,8-9,13-14,20,23H,3,6-7,10-12,15-18H2,1-2H3,(H,27,33)/t23-,26+/m0/s1. The number of aromatic nitrogens is 2. The molecule has 3 heterocycles. The summed E-state index contributed by atoms with van der Waals surface area (Å²) in [7, 11) is 1.93. The van der Waals surface area contributed by atoms with E-state index in [1.165, 1.54) is 12.8 Å². The van der Waals surface area contributed by atoms with Crippen LogP contribution >= 0.6 is 0 Å². The Morgan fingerprint density at radius 2 is 1.97 bits per heavy atom. The second-order valence-electron chi connectivity index (χ2n) is 10.4. The fourth-order valence-electron chi connectivity index (χ4n) is 5.64. The molecule has 2 aliphatic heterocycles. The van der Waals surface area contributed by atoms with Crippen molar-refractivity contribution in [1.82, 2.24) is 24.9 Å². The van der Waals surface area contributed by atoms with Gasteiger partial charge in [0.1, 0.15) is 0 Å². The molecule has 7 heteroatoms. The lowest BCUT2D eigenvalue weighted by Crippen LogP contribution is -2.48. The van der Waals surface area contributed by atoms with Gasteiger partial charge in [0.15, 0.2) is 0 Å². The monoisotopic (exact) mass is 449 g/mol. The summed E-state index contributed by atoms with van der Waals surface area (Å²) in [6.45, 7) is 6.52. The zero-order chi connectivity index (χ0) is 23.0. The van der Waals surface area contributed by atoms with Gasteiger partial charge in [0.25, 0.3) is 5.91 Å². The second-order valence-corrected chi connectivity index (χ2v) is 10.4. The number of likely N-dealkylation sites (tertiary alicyclic amines) is 2. The van der Waals surface area contributed by atoms with Crippen molar-refractivity contribution < 1.29 is 9.59 Å². The summed E-state index contributed by atoms with van der Waals surface area (Å²) in [5.74, 6) is 1.06. The van der Waals surface area contributed by atoms with Crippen molar-refractivity contribution in [2.45, 2.75) is 39.2 Å². The Bertz CT molecular complexity index is 1010. The molecule has 0 radical (unpaired) electrons. The Morgan fingerprint density at radius 3 is 2.67 bits per heavy atom. The van der Waals surface area contributed by atoms with Crippen LogP contribution in [0.1, 0.15) is 47.2 Å². The van der Waals surface area contributed by atoms with Gasteiger partial charge in [-0.15, -0.1) is 0 Å². The Morgan fingerprint density at radius 1 is 1.18 bits per heavy atom. The van der Waals surface area contributed by atoms with Crippen molar-refractivity contribution in [1.29, 1.82) is 0 Å². The highest BCUT2D eigenvalue weighted by molar-refractivity contribution is 5.94. The molecule has 1 aromatic carbocycles. The Kier molecular flexibility index (Phi) is 5.99. The van der Waals surface area contributed by atoms with Crippen molar-refractivity contribution in [3.63, 3.8) is 0 Å². The van der Waals surface area contributed by atoms with Crippen LogP contribution in [0.2, 0.25) is 0 Å². The van der Waals surface area contributed by atoms with E-state index >= 15 is 0 Å². The van der Waals surface area contributed by atoms with Crippen LogP contribution in [0.15, 0.2) is 36.7 Å². The molecule has 33 heavy (non-hydrogen) atoms. The Balaban J connectivity index is 1.36. The van der Waals surface area contributed by atoms with Crippen molar-refractivity contribution in [3.8, 4) is 0 Å². The highest BCUT2D eigenvalue weighted by Gasteiger charge is 2.53. The molecular weight excluding hydrogens is 414 g/mol. The van der Waals surface area contributed by atoms with Gasteiger partial charge >= 0.3 is 0 Å². The van der Waals surface area contributed by atoms with E-state index in [0.29, 0.717) is 19.0 Å². The lowest BCUT2D eigenvalue weighted by molar-refractivity contribution is -0.133. The van der Waals surface area contributed by atoms with E-state index in [1.54, 1.807) is 0 Å². The van der Waals surface area contributed by atoms with Gasteiger partial charge in [-0.05, 0) is 50.7 Å². The number of nitrogens with one attached hydrogen (secondary N) is 1. The molecule has 2 saturated heterocycles. The first kappa shape index (κ1) is 22.1. The van der Waals surface area contributed by atoms with Crippen LogP contribution in [0.3, 0.4) is 0 Å². The lowest BCUT2D eigenvalue weighted by Gasteiger charge is -2.32. The van der Waals surface area contributed by atoms with Crippen LogP contribution in [0.4, 0.5) is 0 Å². The molecular formula is C26H35N5O2. The van der Waals surface area contributed by atoms with Crippen LogP contribution in [0.5, 0.6) is 0 Å². The minimum atomic E-state index is -0.431. The molecule has 2 aromatic rings. The summed E-state index contributed by atoms with van der Waals surface area (Å²) in [6, 6.07) is 7.82. The maximum absolute atomic E-state index is 13.6. The van der Waals surface area contributed by atoms with Gasteiger partial charge in [-0.25, -0.2) is 0 Å². The fraction of sp³-hybridized carbons (Fsp3) is 0.577. The fourth-order valence-corrected chi connectivity index (χ4v) is 5.64. The van der Waals surface area contributed by atoms with E-state index in [0.717, 1.165) is 55.7 Å². The van der Waals surface area contributed by atoms with Gasteiger partial charge in [-0.2, -0.15) is 5.10 Å². The van der Waals surface area contributed by atoms with Crippen LogP contribution < -0.4 is 5.32 Å². The maximum Gasteiger partial charge on any atom is 0.253 e. The number of fused-ring (bicyclic) bond motifs is 1. The number of nitrogens with zero attached hydrogens (tertiary/aromatic N) is 4. The minimum absolute atomic E-state index is 0.0786. The SMILES string of the molecule is Cc1ccc(C(=O)N2CCC[C@@]3(C(=O)NCC4CC4)CN(Cc4cnn(C)c4)C[C@H]3C2)cc1. The molecule has 7 nitrogen and oxygen atoms in total. The summed E-state index contributed by atoms with van der Waals surface area (Å²) in [5, 5.41) is 7.59. The van der Waals surface area contributed by atoms with Crippen LogP contribution in [-0.2, 0) is 18.4 Å². The van der Waals surface area contributed by atoms with E-state index in [1.807, 2.05) is 60.2 Å². The molecule has 2 amide bonds. The summed E-state index contributed by atoms with van der Waals surface area (Å²) < 4.78 is 1.82. The van der Waals surface area contributed by atoms with Crippen molar-refractivity contribution in [3.05, 3.63) is 53.3 Å². The number of rotatable bonds is 6. The number of hydrogen-bond donors (Lipinski definition) is 1. The molecule has 1 aliphatic carbocycles. The molecule has 0 unspecified atom stereocenters. The maximum atomic E-state index is 13.6.